The summed E-state index contributed by atoms with van der Waals surface area (Å²) in [4.78, 5) is 12.9. The van der Waals surface area contributed by atoms with Gasteiger partial charge in [-0.2, -0.15) is 0 Å². The molecule has 3 rings (SSSR count). The van der Waals surface area contributed by atoms with Crippen molar-refractivity contribution in [1.29, 1.82) is 0 Å². The Balaban J connectivity index is 1.61. The number of ether oxygens (including phenoxy) is 3. The van der Waals surface area contributed by atoms with Gasteiger partial charge in [-0.3, -0.25) is 4.79 Å². The van der Waals surface area contributed by atoms with E-state index >= 15 is 0 Å². The molecule has 1 atom stereocenters. The second kappa shape index (κ2) is 11.5. The van der Waals surface area contributed by atoms with Crippen LogP contribution in [0.3, 0.4) is 0 Å². The first-order valence-electron chi connectivity index (χ1n) is 10.6. The molecular formula is C24H31NO4. The molecule has 2 aromatic carbocycles. The monoisotopic (exact) mass is 397 g/mol. The van der Waals surface area contributed by atoms with Crippen LogP contribution in [0.4, 0.5) is 5.69 Å². The number of anilines is 1. The fourth-order valence-electron chi connectivity index (χ4n) is 3.33. The Bertz CT molecular complexity index is 771. The average molecular weight is 398 g/mol. The zero-order valence-electron chi connectivity index (χ0n) is 17.2. The molecule has 0 spiro atoms. The molecule has 1 heterocycles. The summed E-state index contributed by atoms with van der Waals surface area (Å²) in [7, 11) is 0. The molecule has 0 saturated carbocycles. The Labute approximate surface area is 173 Å². The Kier molecular flexibility index (Phi) is 8.38. The van der Waals surface area contributed by atoms with E-state index in [4.69, 9.17) is 14.2 Å². The third-order valence-electron chi connectivity index (χ3n) is 4.97. The van der Waals surface area contributed by atoms with E-state index in [0.717, 1.165) is 32.3 Å². The lowest BCUT2D eigenvalue weighted by Crippen LogP contribution is -2.18. The normalized spacial score (nSPS) is 15.8. The van der Waals surface area contributed by atoms with Crippen molar-refractivity contribution in [2.45, 2.75) is 51.6 Å². The van der Waals surface area contributed by atoms with E-state index in [0.29, 0.717) is 36.0 Å². The molecule has 1 fully saturated rings. The van der Waals surface area contributed by atoms with E-state index in [-0.39, 0.29) is 12.0 Å². The number of amides is 1. The van der Waals surface area contributed by atoms with Gasteiger partial charge in [0.1, 0.15) is 18.1 Å². The minimum absolute atomic E-state index is 0.126. The van der Waals surface area contributed by atoms with Crippen LogP contribution >= 0.6 is 0 Å². The molecule has 1 saturated heterocycles. The average Bonchev–Trinajstić information content (AvgIpc) is 3.27. The molecule has 0 bridgehead atoms. The van der Waals surface area contributed by atoms with Gasteiger partial charge in [-0.15, -0.1) is 0 Å². The smallest absolute Gasteiger partial charge is 0.259 e. The van der Waals surface area contributed by atoms with Crippen LogP contribution in [0.5, 0.6) is 11.5 Å². The predicted octanol–water partition coefficient (Wildman–Crippen LogP) is 5.46. The molecular weight excluding hydrogens is 366 g/mol. The minimum Gasteiger partial charge on any atom is -0.493 e. The van der Waals surface area contributed by atoms with Gasteiger partial charge in [0.15, 0.2) is 0 Å². The summed E-state index contributed by atoms with van der Waals surface area (Å²) in [5.74, 6) is 1.05. The largest absolute Gasteiger partial charge is 0.493 e. The third-order valence-corrected chi connectivity index (χ3v) is 4.97. The number of nitrogens with one attached hydrogen (secondary N) is 1. The Morgan fingerprint density at radius 3 is 2.62 bits per heavy atom. The van der Waals surface area contributed by atoms with Crippen LogP contribution in [0.15, 0.2) is 48.5 Å². The molecule has 0 aliphatic carbocycles. The van der Waals surface area contributed by atoms with Gasteiger partial charge in [0.2, 0.25) is 0 Å². The molecule has 156 valence electrons. The van der Waals surface area contributed by atoms with Crippen molar-refractivity contribution < 1.29 is 19.0 Å². The highest BCUT2D eigenvalue weighted by atomic mass is 16.5. The number of para-hydroxylation sites is 3. The Morgan fingerprint density at radius 2 is 1.83 bits per heavy atom. The molecule has 0 radical (unpaired) electrons. The van der Waals surface area contributed by atoms with Crippen molar-refractivity contribution >= 4 is 11.6 Å². The van der Waals surface area contributed by atoms with Crippen molar-refractivity contribution in [3.8, 4) is 11.5 Å². The topological polar surface area (TPSA) is 56.8 Å². The van der Waals surface area contributed by atoms with Gasteiger partial charge < -0.3 is 19.5 Å². The zero-order chi connectivity index (χ0) is 20.3. The van der Waals surface area contributed by atoms with Crippen LogP contribution < -0.4 is 14.8 Å². The van der Waals surface area contributed by atoms with Crippen LogP contribution in [0.1, 0.15) is 55.8 Å². The van der Waals surface area contributed by atoms with Gasteiger partial charge in [-0.05, 0) is 43.5 Å². The minimum atomic E-state index is -0.206. The molecule has 1 unspecified atom stereocenters. The maximum absolute atomic E-state index is 12.9. The quantitative estimate of drug-likeness (QED) is 0.512. The summed E-state index contributed by atoms with van der Waals surface area (Å²) >= 11 is 0. The molecule has 2 aromatic rings. The lowest BCUT2D eigenvalue weighted by molar-refractivity contribution is 0.0682. The van der Waals surface area contributed by atoms with Gasteiger partial charge in [0.05, 0.1) is 24.0 Å². The summed E-state index contributed by atoms with van der Waals surface area (Å²) in [5.41, 5.74) is 1.17. The number of hydrogen-bond acceptors (Lipinski definition) is 4. The molecule has 1 amide bonds. The van der Waals surface area contributed by atoms with Gasteiger partial charge in [-0.1, -0.05) is 50.5 Å². The van der Waals surface area contributed by atoms with Gasteiger partial charge >= 0.3 is 0 Å². The van der Waals surface area contributed by atoms with E-state index in [2.05, 4.69) is 12.2 Å². The standard InChI is InChI=1S/C24H31NO4/c1-2-3-4-9-16-28-22-14-7-5-12-20(22)24(26)25-21-13-6-8-15-23(21)29-18-19-11-10-17-27-19/h5-8,12-15,19H,2-4,9-11,16-18H2,1H3,(H,25,26). The summed E-state index contributed by atoms with van der Waals surface area (Å²) < 4.78 is 17.4. The van der Waals surface area contributed by atoms with Crippen LogP contribution in [0.25, 0.3) is 0 Å². The summed E-state index contributed by atoms with van der Waals surface area (Å²) in [6, 6.07) is 14.8. The second-order valence-electron chi connectivity index (χ2n) is 7.30. The maximum atomic E-state index is 12.9. The lowest BCUT2D eigenvalue weighted by atomic mass is 10.1. The zero-order valence-corrected chi connectivity index (χ0v) is 17.2. The lowest BCUT2D eigenvalue weighted by Gasteiger charge is -2.16. The molecule has 5 nitrogen and oxygen atoms in total. The van der Waals surface area contributed by atoms with Gasteiger partial charge in [0, 0.05) is 6.61 Å². The molecule has 1 N–H and O–H groups in total. The number of benzene rings is 2. The van der Waals surface area contributed by atoms with E-state index in [1.165, 1.54) is 12.8 Å². The number of rotatable bonds is 11. The first-order chi connectivity index (χ1) is 14.3. The van der Waals surface area contributed by atoms with Crippen molar-refractivity contribution in [2.75, 3.05) is 25.1 Å². The van der Waals surface area contributed by atoms with E-state index in [1.807, 2.05) is 42.5 Å². The highest BCUT2D eigenvalue weighted by Crippen LogP contribution is 2.27. The van der Waals surface area contributed by atoms with Crippen molar-refractivity contribution in [1.82, 2.24) is 0 Å². The fraction of sp³-hybridized carbons (Fsp3) is 0.458. The first kappa shape index (κ1) is 21.2. The Morgan fingerprint density at radius 1 is 1.03 bits per heavy atom. The highest BCUT2D eigenvalue weighted by Gasteiger charge is 2.18. The third kappa shape index (κ3) is 6.50. The van der Waals surface area contributed by atoms with Crippen molar-refractivity contribution in [3.63, 3.8) is 0 Å². The molecule has 0 aromatic heterocycles. The van der Waals surface area contributed by atoms with Gasteiger partial charge in [0.25, 0.3) is 5.91 Å². The van der Waals surface area contributed by atoms with Crippen LogP contribution in [-0.2, 0) is 4.74 Å². The van der Waals surface area contributed by atoms with Crippen LogP contribution in [0, 0.1) is 0 Å². The summed E-state index contributed by atoms with van der Waals surface area (Å²) in [5, 5.41) is 2.97. The second-order valence-corrected chi connectivity index (χ2v) is 7.30. The Hall–Kier alpha value is -2.53. The molecule has 5 heteroatoms. The number of unbranched alkanes of at least 4 members (excludes halogenated alkanes) is 3. The van der Waals surface area contributed by atoms with Crippen LogP contribution in [-0.4, -0.2) is 31.8 Å². The first-order valence-corrected chi connectivity index (χ1v) is 10.6. The van der Waals surface area contributed by atoms with E-state index in [9.17, 15) is 4.79 Å². The van der Waals surface area contributed by atoms with E-state index < -0.39 is 0 Å². The van der Waals surface area contributed by atoms with Crippen molar-refractivity contribution in [3.05, 3.63) is 54.1 Å². The summed E-state index contributed by atoms with van der Waals surface area (Å²) in [6.07, 6.45) is 6.73. The fourth-order valence-corrected chi connectivity index (χ4v) is 3.33. The summed E-state index contributed by atoms with van der Waals surface area (Å²) in [6.45, 7) is 4.08. The van der Waals surface area contributed by atoms with E-state index in [1.54, 1.807) is 6.07 Å². The number of carbonyl (C=O) groups is 1. The highest BCUT2D eigenvalue weighted by molar-refractivity contribution is 6.06. The van der Waals surface area contributed by atoms with Gasteiger partial charge in [-0.25, -0.2) is 0 Å². The van der Waals surface area contributed by atoms with Crippen LogP contribution in [0.2, 0.25) is 0 Å². The maximum Gasteiger partial charge on any atom is 0.259 e. The molecule has 29 heavy (non-hydrogen) atoms. The molecule has 1 aliphatic heterocycles. The number of carbonyl (C=O) groups excluding carboxylic acids is 1. The number of hydrogen-bond donors (Lipinski definition) is 1. The molecule has 1 aliphatic rings. The predicted molar refractivity (Wildman–Crippen MR) is 115 cm³/mol. The van der Waals surface area contributed by atoms with Crippen molar-refractivity contribution in [2.24, 2.45) is 0 Å². The SMILES string of the molecule is CCCCCCOc1ccccc1C(=O)Nc1ccccc1OCC1CCCO1.